The van der Waals surface area contributed by atoms with E-state index in [9.17, 15) is 0 Å². The summed E-state index contributed by atoms with van der Waals surface area (Å²) in [6, 6.07) is 10.4. The summed E-state index contributed by atoms with van der Waals surface area (Å²) in [7, 11) is 0. The lowest BCUT2D eigenvalue weighted by atomic mass is 10.2. The Morgan fingerprint density at radius 1 is 1.13 bits per heavy atom. The Labute approximate surface area is 99.7 Å². The minimum Gasteiger partial charge on any atom is -0.334 e. The van der Waals surface area contributed by atoms with Crippen molar-refractivity contribution in [2.24, 2.45) is 0 Å². The van der Waals surface area contributed by atoms with E-state index in [2.05, 4.69) is 40.0 Å². The number of aromatic nitrogens is 2. The van der Waals surface area contributed by atoms with Crippen LogP contribution in [0.2, 0.25) is 0 Å². The maximum Gasteiger partial charge on any atom is 0.109 e. The molecular formula is C12H13BrN2. The van der Waals surface area contributed by atoms with Gasteiger partial charge in [0.25, 0.3) is 0 Å². The first kappa shape index (κ1) is 10.4. The van der Waals surface area contributed by atoms with Crippen molar-refractivity contribution in [1.29, 1.82) is 0 Å². The van der Waals surface area contributed by atoms with Crippen LogP contribution in [0.25, 0.3) is 11.3 Å². The van der Waals surface area contributed by atoms with E-state index in [1.165, 1.54) is 17.8 Å². The van der Waals surface area contributed by atoms with E-state index in [4.69, 9.17) is 0 Å². The fourth-order valence-electron chi connectivity index (χ4n) is 2.00. The van der Waals surface area contributed by atoms with Crippen molar-refractivity contribution < 1.29 is 0 Å². The Morgan fingerprint density at radius 2 is 1.93 bits per heavy atom. The Kier molecular flexibility index (Phi) is 2.91. The van der Waals surface area contributed by atoms with Crippen LogP contribution in [0.15, 0.2) is 36.5 Å². The van der Waals surface area contributed by atoms with E-state index >= 15 is 0 Å². The van der Waals surface area contributed by atoms with E-state index in [0.29, 0.717) is 0 Å². The fraction of sp³-hybridized carbons (Fsp3) is 0.250. The highest BCUT2D eigenvalue weighted by Crippen LogP contribution is 2.22. The molecule has 0 aliphatic carbocycles. The quantitative estimate of drug-likeness (QED) is 0.774. The molecule has 78 valence electrons. The Hall–Kier alpha value is -1.09. The van der Waals surface area contributed by atoms with Gasteiger partial charge in [-0.05, 0) is 6.42 Å². The Bertz CT molecular complexity index is 426. The van der Waals surface area contributed by atoms with Crippen molar-refractivity contribution in [3.05, 3.63) is 42.4 Å². The maximum atomic E-state index is 4.62. The minimum absolute atomic E-state index is 0. The molecule has 0 fully saturated rings. The van der Waals surface area contributed by atoms with Crippen molar-refractivity contribution in [3.63, 3.8) is 0 Å². The summed E-state index contributed by atoms with van der Waals surface area (Å²) in [4.78, 5) is 4.62. The van der Waals surface area contributed by atoms with Gasteiger partial charge < -0.3 is 4.57 Å². The van der Waals surface area contributed by atoms with Gasteiger partial charge in [0, 0.05) is 24.7 Å². The maximum absolute atomic E-state index is 4.62. The molecule has 2 aromatic rings. The molecule has 1 aromatic carbocycles. The van der Waals surface area contributed by atoms with Gasteiger partial charge in [-0.25, -0.2) is 4.98 Å². The number of aryl methyl sites for hydroxylation is 2. The molecule has 1 aliphatic rings. The van der Waals surface area contributed by atoms with E-state index in [1.54, 1.807) is 0 Å². The molecular weight excluding hydrogens is 252 g/mol. The molecule has 3 rings (SSSR count). The van der Waals surface area contributed by atoms with Gasteiger partial charge in [-0.3, -0.25) is 0 Å². The second-order valence-corrected chi connectivity index (χ2v) is 3.71. The average molecular weight is 265 g/mol. The third-order valence-corrected chi connectivity index (χ3v) is 2.73. The van der Waals surface area contributed by atoms with Crippen LogP contribution in [-0.4, -0.2) is 9.55 Å². The molecule has 0 N–H and O–H groups in total. The van der Waals surface area contributed by atoms with Gasteiger partial charge >= 0.3 is 0 Å². The van der Waals surface area contributed by atoms with Gasteiger partial charge in [-0.15, -0.1) is 17.0 Å². The Balaban J connectivity index is 0.000000853. The molecule has 0 unspecified atom stereocenters. The third kappa shape index (κ3) is 1.84. The topological polar surface area (TPSA) is 17.8 Å². The zero-order valence-electron chi connectivity index (χ0n) is 8.39. The van der Waals surface area contributed by atoms with Crippen LogP contribution in [0, 0.1) is 0 Å². The summed E-state index contributed by atoms with van der Waals surface area (Å²) < 4.78 is 2.27. The number of rotatable bonds is 1. The highest BCUT2D eigenvalue weighted by atomic mass is 79.9. The second-order valence-electron chi connectivity index (χ2n) is 3.71. The summed E-state index contributed by atoms with van der Waals surface area (Å²) in [5.41, 5.74) is 2.33. The fourth-order valence-corrected chi connectivity index (χ4v) is 2.00. The largest absolute Gasteiger partial charge is 0.334 e. The highest BCUT2D eigenvalue weighted by molar-refractivity contribution is 8.93. The summed E-state index contributed by atoms with van der Waals surface area (Å²) >= 11 is 0. The van der Waals surface area contributed by atoms with Crippen LogP contribution in [0.5, 0.6) is 0 Å². The van der Waals surface area contributed by atoms with E-state index < -0.39 is 0 Å². The Morgan fingerprint density at radius 3 is 2.67 bits per heavy atom. The van der Waals surface area contributed by atoms with Crippen LogP contribution in [0.3, 0.4) is 0 Å². The molecule has 0 spiro atoms. The highest BCUT2D eigenvalue weighted by Gasteiger charge is 2.13. The summed E-state index contributed by atoms with van der Waals surface area (Å²) in [5, 5.41) is 0. The molecule has 0 amide bonds. The molecule has 2 nitrogen and oxygen atoms in total. The standard InChI is InChI=1S/C12H12N2.BrH/c1-2-5-10(6-3-1)11-9-14-8-4-7-12(14)13-11;/h1-3,5-6,9H,4,7-8H2;1H. The normalized spacial score (nSPS) is 13.3. The van der Waals surface area contributed by atoms with Gasteiger partial charge in [-0.1, -0.05) is 30.3 Å². The van der Waals surface area contributed by atoms with Crippen LogP contribution >= 0.6 is 17.0 Å². The van der Waals surface area contributed by atoms with Crippen LogP contribution < -0.4 is 0 Å². The van der Waals surface area contributed by atoms with Crippen LogP contribution in [0.1, 0.15) is 12.2 Å². The molecule has 0 saturated carbocycles. The van der Waals surface area contributed by atoms with E-state index in [0.717, 1.165) is 18.7 Å². The number of imidazole rings is 1. The smallest absolute Gasteiger partial charge is 0.109 e. The summed E-state index contributed by atoms with van der Waals surface area (Å²) in [5.74, 6) is 1.24. The van der Waals surface area contributed by atoms with Crippen LogP contribution in [-0.2, 0) is 13.0 Å². The molecule has 0 saturated heterocycles. The number of hydrogen-bond donors (Lipinski definition) is 0. The molecule has 3 heteroatoms. The SMILES string of the molecule is Br.c1ccc(-c2cn3c(n2)CCC3)cc1. The lowest BCUT2D eigenvalue weighted by Crippen LogP contribution is -1.87. The predicted octanol–water partition coefficient (Wildman–Crippen LogP) is 3.07. The number of halogens is 1. The minimum atomic E-state index is 0. The molecule has 1 aromatic heterocycles. The molecule has 0 bridgehead atoms. The first-order chi connectivity index (χ1) is 6.93. The van der Waals surface area contributed by atoms with Crippen molar-refractivity contribution >= 4 is 17.0 Å². The van der Waals surface area contributed by atoms with Gasteiger partial charge in [0.1, 0.15) is 5.82 Å². The van der Waals surface area contributed by atoms with Gasteiger partial charge in [0.05, 0.1) is 5.69 Å². The van der Waals surface area contributed by atoms with E-state index in [-0.39, 0.29) is 17.0 Å². The average Bonchev–Trinajstić information content (AvgIpc) is 2.78. The second kappa shape index (κ2) is 4.19. The first-order valence-electron chi connectivity index (χ1n) is 5.05. The number of fused-ring (bicyclic) bond motifs is 1. The van der Waals surface area contributed by atoms with Crippen molar-refractivity contribution in [3.8, 4) is 11.3 Å². The number of nitrogens with zero attached hydrogens (tertiary/aromatic N) is 2. The molecule has 2 heterocycles. The zero-order valence-corrected chi connectivity index (χ0v) is 10.1. The molecule has 15 heavy (non-hydrogen) atoms. The first-order valence-corrected chi connectivity index (χ1v) is 5.05. The molecule has 0 radical (unpaired) electrons. The number of benzene rings is 1. The molecule has 0 atom stereocenters. The van der Waals surface area contributed by atoms with E-state index in [1.807, 2.05) is 6.07 Å². The van der Waals surface area contributed by atoms with Crippen LogP contribution in [0.4, 0.5) is 0 Å². The van der Waals surface area contributed by atoms with Gasteiger partial charge in [0.2, 0.25) is 0 Å². The van der Waals surface area contributed by atoms with Gasteiger partial charge in [-0.2, -0.15) is 0 Å². The lowest BCUT2D eigenvalue weighted by molar-refractivity contribution is 0.750. The monoisotopic (exact) mass is 264 g/mol. The summed E-state index contributed by atoms with van der Waals surface area (Å²) in [6.45, 7) is 1.13. The van der Waals surface area contributed by atoms with Crippen molar-refractivity contribution in [1.82, 2.24) is 9.55 Å². The number of hydrogen-bond acceptors (Lipinski definition) is 1. The van der Waals surface area contributed by atoms with Crippen molar-refractivity contribution in [2.75, 3.05) is 0 Å². The van der Waals surface area contributed by atoms with Crippen molar-refractivity contribution in [2.45, 2.75) is 19.4 Å². The van der Waals surface area contributed by atoms with Gasteiger partial charge in [0.15, 0.2) is 0 Å². The predicted molar refractivity (Wildman–Crippen MR) is 66.3 cm³/mol. The lowest BCUT2D eigenvalue weighted by Gasteiger charge is -1.94. The zero-order chi connectivity index (χ0) is 9.38. The molecule has 1 aliphatic heterocycles. The third-order valence-electron chi connectivity index (χ3n) is 2.73. The summed E-state index contributed by atoms with van der Waals surface area (Å²) in [6.07, 6.45) is 4.54.